The number of rotatable bonds is 7. The van der Waals surface area contributed by atoms with Crippen molar-refractivity contribution in [3.8, 4) is 0 Å². The monoisotopic (exact) mass is 273 g/mol. The van der Waals surface area contributed by atoms with Crippen LogP contribution in [0, 0.1) is 0 Å². The molecule has 20 heavy (non-hydrogen) atoms. The van der Waals surface area contributed by atoms with Crippen molar-refractivity contribution < 1.29 is 9.90 Å². The van der Waals surface area contributed by atoms with Crippen LogP contribution in [-0.4, -0.2) is 45.2 Å². The van der Waals surface area contributed by atoms with E-state index in [4.69, 9.17) is 5.11 Å². The average Bonchev–Trinajstić information content (AvgIpc) is 2.88. The van der Waals surface area contributed by atoms with Gasteiger partial charge in [-0.3, -0.25) is 4.79 Å². The normalized spacial score (nSPS) is 10.7. The number of aryl methyl sites for hydroxylation is 1. The highest BCUT2D eigenvalue weighted by atomic mass is 16.3. The molecule has 0 radical (unpaired) electrons. The van der Waals surface area contributed by atoms with E-state index < -0.39 is 0 Å². The van der Waals surface area contributed by atoms with Gasteiger partial charge in [0.15, 0.2) is 0 Å². The molecule has 0 aliphatic carbocycles. The molecule has 0 unspecified atom stereocenters. The molecule has 0 spiro atoms. The van der Waals surface area contributed by atoms with Gasteiger partial charge in [0, 0.05) is 26.1 Å². The van der Waals surface area contributed by atoms with Crippen molar-refractivity contribution in [1.29, 1.82) is 0 Å². The van der Waals surface area contributed by atoms with E-state index in [1.165, 1.54) is 0 Å². The van der Waals surface area contributed by atoms with E-state index in [1.807, 2.05) is 28.8 Å². The third-order valence-corrected chi connectivity index (χ3v) is 3.17. The van der Waals surface area contributed by atoms with E-state index in [9.17, 15) is 4.79 Å². The summed E-state index contributed by atoms with van der Waals surface area (Å²) >= 11 is 0. The Morgan fingerprint density at radius 2 is 2.25 bits per heavy atom. The third kappa shape index (κ3) is 3.24. The topological polar surface area (TPSA) is 58.4 Å². The van der Waals surface area contributed by atoms with Gasteiger partial charge in [-0.25, -0.2) is 4.98 Å². The van der Waals surface area contributed by atoms with Crippen LogP contribution < -0.4 is 0 Å². The van der Waals surface area contributed by atoms with Gasteiger partial charge in [0.2, 0.25) is 5.91 Å². The van der Waals surface area contributed by atoms with Crippen molar-refractivity contribution in [2.24, 2.45) is 0 Å². The van der Waals surface area contributed by atoms with Crippen LogP contribution in [0.5, 0.6) is 0 Å². The zero-order valence-electron chi connectivity index (χ0n) is 11.4. The van der Waals surface area contributed by atoms with Gasteiger partial charge in [0.25, 0.3) is 0 Å². The van der Waals surface area contributed by atoms with E-state index >= 15 is 0 Å². The Labute approximate surface area is 118 Å². The van der Waals surface area contributed by atoms with Crippen molar-refractivity contribution in [3.05, 3.63) is 43.2 Å². The first-order chi connectivity index (χ1) is 9.76. The number of aromatic nitrogens is 2. The summed E-state index contributed by atoms with van der Waals surface area (Å²) < 4.78 is 1.97. The van der Waals surface area contributed by atoms with E-state index in [2.05, 4.69) is 11.6 Å². The van der Waals surface area contributed by atoms with Gasteiger partial charge in [-0.1, -0.05) is 18.2 Å². The lowest BCUT2D eigenvalue weighted by molar-refractivity contribution is -0.131. The van der Waals surface area contributed by atoms with Gasteiger partial charge >= 0.3 is 0 Å². The first-order valence-corrected chi connectivity index (χ1v) is 6.65. The lowest BCUT2D eigenvalue weighted by Gasteiger charge is -2.20. The maximum Gasteiger partial charge on any atom is 0.224 e. The lowest BCUT2D eigenvalue weighted by atomic mass is 10.3. The zero-order chi connectivity index (χ0) is 14.4. The van der Waals surface area contributed by atoms with Crippen LogP contribution in [0.1, 0.15) is 6.42 Å². The number of hydrogen-bond donors (Lipinski definition) is 1. The lowest BCUT2D eigenvalue weighted by Crippen LogP contribution is -2.34. The van der Waals surface area contributed by atoms with Gasteiger partial charge in [-0.05, 0) is 12.1 Å². The van der Waals surface area contributed by atoms with E-state index in [0.717, 1.165) is 11.0 Å². The highest BCUT2D eigenvalue weighted by Crippen LogP contribution is 2.12. The van der Waals surface area contributed by atoms with Crippen LogP contribution in [0.4, 0.5) is 0 Å². The number of carbonyl (C=O) groups is 1. The maximum absolute atomic E-state index is 12.1. The largest absolute Gasteiger partial charge is 0.395 e. The molecule has 2 aromatic rings. The Morgan fingerprint density at radius 1 is 1.45 bits per heavy atom. The first-order valence-electron chi connectivity index (χ1n) is 6.65. The molecule has 5 nitrogen and oxygen atoms in total. The van der Waals surface area contributed by atoms with Crippen LogP contribution in [0.2, 0.25) is 0 Å². The number of benzene rings is 1. The minimum atomic E-state index is -0.0341. The second-order valence-electron chi connectivity index (χ2n) is 4.53. The summed E-state index contributed by atoms with van der Waals surface area (Å²) in [6.07, 6.45) is 3.80. The number of imidazole rings is 1. The Balaban J connectivity index is 2.00. The molecular formula is C15H19N3O2. The number of aliphatic hydroxyl groups excluding tert-OH is 1. The zero-order valence-corrected chi connectivity index (χ0v) is 11.4. The van der Waals surface area contributed by atoms with Crippen LogP contribution in [0.25, 0.3) is 11.0 Å². The molecule has 1 aromatic heterocycles. The minimum Gasteiger partial charge on any atom is -0.395 e. The van der Waals surface area contributed by atoms with Crippen LogP contribution >= 0.6 is 0 Å². The van der Waals surface area contributed by atoms with Crippen LogP contribution in [0.3, 0.4) is 0 Å². The van der Waals surface area contributed by atoms with Crippen LogP contribution in [0.15, 0.2) is 43.2 Å². The number of hydrogen-bond acceptors (Lipinski definition) is 3. The second-order valence-corrected chi connectivity index (χ2v) is 4.53. The van der Waals surface area contributed by atoms with Crippen molar-refractivity contribution in [3.63, 3.8) is 0 Å². The summed E-state index contributed by atoms with van der Waals surface area (Å²) in [5, 5.41) is 8.96. The van der Waals surface area contributed by atoms with Crippen molar-refractivity contribution in [2.45, 2.75) is 13.0 Å². The van der Waals surface area contributed by atoms with Crippen LogP contribution in [-0.2, 0) is 11.3 Å². The molecule has 0 atom stereocenters. The van der Waals surface area contributed by atoms with Gasteiger partial charge in [0.1, 0.15) is 0 Å². The molecule has 0 saturated heterocycles. The quantitative estimate of drug-likeness (QED) is 0.776. The average molecular weight is 273 g/mol. The summed E-state index contributed by atoms with van der Waals surface area (Å²) in [6.45, 7) is 4.98. The minimum absolute atomic E-state index is 0.0109. The number of aliphatic hydroxyl groups is 1. The fraction of sp³-hybridized carbons (Fsp3) is 0.333. The number of fused-ring (bicyclic) bond motifs is 1. The first kappa shape index (κ1) is 14.3. The second kappa shape index (κ2) is 6.86. The Kier molecular flexibility index (Phi) is 4.90. The molecular weight excluding hydrogens is 254 g/mol. The molecule has 0 aliphatic rings. The van der Waals surface area contributed by atoms with Gasteiger partial charge in [-0.15, -0.1) is 6.58 Å². The molecule has 0 fully saturated rings. The highest BCUT2D eigenvalue weighted by Gasteiger charge is 2.12. The number of carbonyl (C=O) groups excluding carboxylic acids is 1. The number of amides is 1. The van der Waals surface area contributed by atoms with Gasteiger partial charge in [-0.2, -0.15) is 0 Å². The molecule has 0 aliphatic heterocycles. The highest BCUT2D eigenvalue weighted by molar-refractivity contribution is 5.77. The molecule has 0 saturated carbocycles. The molecule has 5 heteroatoms. The van der Waals surface area contributed by atoms with E-state index in [1.54, 1.807) is 17.3 Å². The summed E-state index contributed by atoms with van der Waals surface area (Å²) in [5.74, 6) is 0.0109. The van der Waals surface area contributed by atoms with E-state index in [-0.39, 0.29) is 12.5 Å². The molecule has 2 rings (SSSR count). The Hall–Kier alpha value is -2.14. The van der Waals surface area contributed by atoms with Gasteiger partial charge < -0.3 is 14.6 Å². The van der Waals surface area contributed by atoms with Gasteiger partial charge in [0.05, 0.1) is 24.0 Å². The summed E-state index contributed by atoms with van der Waals surface area (Å²) in [5.41, 5.74) is 1.95. The summed E-state index contributed by atoms with van der Waals surface area (Å²) in [7, 11) is 0. The molecule has 1 aromatic carbocycles. The van der Waals surface area contributed by atoms with Crippen molar-refractivity contribution >= 4 is 16.9 Å². The summed E-state index contributed by atoms with van der Waals surface area (Å²) in [4.78, 5) is 18.0. The molecule has 1 amide bonds. The maximum atomic E-state index is 12.1. The third-order valence-electron chi connectivity index (χ3n) is 3.17. The standard InChI is InChI=1S/C15H19N3O2/c1-2-8-17(10-11-19)15(20)7-9-18-12-16-13-5-3-4-6-14(13)18/h2-6,12,19H,1,7-11H2. The predicted octanol–water partition coefficient (Wildman–Crippen LogP) is 1.43. The smallest absolute Gasteiger partial charge is 0.224 e. The molecule has 1 N–H and O–H groups in total. The Morgan fingerprint density at radius 3 is 3.00 bits per heavy atom. The molecule has 1 heterocycles. The molecule has 0 bridgehead atoms. The van der Waals surface area contributed by atoms with Crippen molar-refractivity contribution in [1.82, 2.24) is 14.5 Å². The fourth-order valence-electron chi connectivity index (χ4n) is 2.16. The SMILES string of the molecule is C=CCN(CCO)C(=O)CCn1cnc2ccccc21. The molecule has 106 valence electrons. The van der Waals surface area contributed by atoms with Crippen molar-refractivity contribution in [2.75, 3.05) is 19.7 Å². The fourth-order valence-corrected chi connectivity index (χ4v) is 2.16. The predicted molar refractivity (Wildman–Crippen MR) is 78.2 cm³/mol. The van der Waals surface area contributed by atoms with E-state index in [0.29, 0.717) is 26.1 Å². The Bertz CT molecular complexity index is 592. The number of para-hydroxylation sites is 2. The number of nitrogens with zero attached hydrogens (tertiary/aromatic N) is 3. The summed E-state index contributed by atoms with van der Waals surface area (Å²) in [6, 6.07) is 7.83.